The Labute approximate surface area is 177 Å². The van der Waals surface area contributed by atoms with Crippen LogP contribution in [0.3, 0.4) is 0 Å². The number of nitrogens with zero attached hydrogens (tertiary/aromatic N) is 1. The Morgan fingerprint density at radius 1 is 0.967 bits per heavy atom. The predicted octanol–water partition coefficient (Wildman–Crippen LogP) is 4.97. The van der Waals surface area contributed by atoms with Crippen LogP contribution in [0.4, 0.5) is 4.39 Å². The van der Waals surface area contributed by atoms with Crippen molar-refractivity contribution in [2.24, 2.45) is 0 Å². The average Bonchev–Trinajstić information content (AvgIpc) is 2.79. The molecule has 0 N–H and O–H groups in total. The Morgan fingerprint density at radius 3 is 2.50 bits per heavy atom. The standard InChI is InChI=1S/C24H24FNO3S/c25-22-11-13-24(14-12-22)30(27,28)26-15-5-9-21(17-26)20-8-4-10-23(16-20)29-18-19-6-2-1-3-7-19/h1-4,6-8,10-14,16,21H,5,9,15,17-18H2. The molecular weight excluding hydrogens is 401 g/mol. The smallest absolute Gasteiger partial charge is 0.243 e. The van der Waals surface area contributed by atoms with Gasteiger partial charge in [-0.3, -0.25) is 0 Å². The lowest BCUT2D eigenvalue weighted by atomic mass is 9.91. The lowest BCUT2D eigenvalue weighted by Crippen LogP contribution is -2.39. The maximum Gasteiger partial charge on any atom is 0.243 e. The van der Waals surface area contributed by atoms with E-state index < -0.39 is 15.8 Å². The Morgan fingerprint density at radius 2 is 1.73 bits per heavy atom. The Balaban J connectivity index is 1.47. The molecule has 1 atom stereocenters. The molecule has 3 aromatic rings. The monoisotopic (exact) mass is 425 g/mol. The van der Waals surface area contributed by atoms with E-state index in [1.54, 1.807) is 0 Å². The fourth-order valence-corrected chi connectivity index (χ4v) is 5.31. The third kappa shape index (κ3) is 4.71. The fourth-order valence-electron chi connectivity index (χ4n) is 3.79. The first-order valence-electron chi connectivity index (χ1n) is 10.0. The van der Waals surface area contributed by atoms with Gasteiger partial charge in [-0.15, -0.1) is 0 Å². The van der Waals surface area contributed by atoms with Gasteiger partial charge in [0, 0.05) is 13.1 Å². The summed E-state index contributed by atoms with van der Waals surface area (Å²) in [6.07, 6.45) is 1.69. The van der Waals surface area contributed by atoms with Gasteiger partial charge in [-0.2, -0.15) is 4.31 Å². The van der Waals surface area contributed by atoms with Gasteiger partial charge in [-0.05, 0) is 66.3 Å². The third-order valence-electron chi connectivity index (χ3n) is 5.41. The second-order valence-electron chi connectivity index (χ2n) is 7.50. The summed E-state index contributed by atoms with van der Waals surface area (Å²) in [6.45, 7) is 1.36. The molecule has 4 rings (SSSR count). The van der Waals surface area contributed by atoms with Crippen LogP contribution in [0.15, 0.2) is 83.8 Å². The lowest BCUT2D eigenvalue weighted by molar-refractivity contribution is 0.301. The second-order valence-corrected chi connectivity index (χ2v) is 9.44. The number of hydrogen-bond donors (Lipinski definition) is 0. The minimum Gasteiger partial charge on any atom is -0.489 e. The highest BCUT2D eigenvalue weighted by atomic mass is 32.2. The summed E-state index contributed by atoms with van der Waals surface area (Å²) < 4.78 is 46.6. The first-order chi connectivity index (χ1) is 14.5. The zero-order valence-electron chi connectivity index (χ0n) is 16.6. The first kappa shape index (κ1) is 20.6. The van der Waals surface area contributed by atoms with E-state index in [1.165, 1.54) is 28.6 Å². The van der Waals surface area contributed by atoms with Gasteiger partial charge < -0.3 is 4.74 Å². The van der Waals surface area contributed by atoms with Crippen LogP contribution in [-0.2, 0) is 16.6 Å². The van der Waals surface area contributed by atoms with Crippen molar-refractivity contribution in [2.45, 2.75) is 30.3 Å². The maximum atomic E-state index is 13.2. The van der Waals surface area contributed by atoms with Crippen molar-refractivity contribution >= 4 is 10.0 Å². The first-order valence-corrected chi connectivity index (χ1v) is 11.5. The molecule has 1 heterocycles. The molecule has 0 amide bonds. The summed E-state index contributed by atoms with van der Waals surface area (Å²) in [5.41, 5.74) is 2.16. The van der Waals surface area contributed by atoms with E-state index in [9.17, 15) is 12.8 Å². The van der Waals surface area contributed by atoms with E-state index in [1.807, 2.05) is 54.6 Å². The molecule has 0 radical (unpaired) electrons. The van der Waals surface area contributed by atoms with E-state index in [-0.39, 0.29) is 10.8 Å². The number of piperidine rings is 1. The van der Waals surface area contributed by atoms with E-state index in [0.29, 0.717) is 19.7 Å². The van der Waals surface area contributed by atoms with Crippen LogP contribution in [0.25, 0.3) is 0 Å². The minimum absolute atomic E-state index is 0.0919. The van der Waals surface area contributed by atoms with Gasteiger partial charge in [0.05, 0.1) is 4.90 Å². The van der Waals surface area contributed by atoms with Crippen LogP contribution in [0.5, 0.6) is 5.75 Å². The maximum absolute atomic E-state index is 13.2. The summed E-state index contributed by atoms with van der Waals surface area (Å²) in [5, 5.41) is 0. The van der Waals surface area contributed by atoms with Gasteiger partial charge in [0.15, 0.2) is 0 Å². The largest absolute Gasteiger partial charge is 0.489 e. The fraction of sp³-hybridized carbons (Fsp3) is 0.250. The van der Waals surface area contributed by atoms with Gasteiger partial charge >= 0.3 is 0 Å². The van der Waals surface area contributed by atoms with E-state index >= 15 is 0 Å². The summed E-state index contributed by atoms with van der Waals surface area (Å²) in [7, 11) is -3.64. The predicted molar refractivity (Wildman–Crippen MR) is 114 cm³/mol. The van der Waals surface area contributed by atoms with Crippen molar-refractivity contribution in [1.29, 1.82) is 0 Å². The normalized spacial score (nSPS) is 17.6. The van der Waals surface area contributed by atoms with Gasteiger partial charge in [0.2, 0.25) is 10.0 Å². The molecule has 0 saturated carbocycles. The highest BCUT2D eigenvalue weighted by molar-refractivity contribution is 7.89. The summed E-state index contributed by atoms with van der Waals surface area (Å²) in [6, 6.07) is 22.9. The lowest BCUT2D eigenvalue weighted by Gasteiger charge is -2.32. The summed E-state index contributed by atoms with van der Waals surface area (Å²) >= 11 is 0. The van der Waals surface area contributed by atoms with Crippen LogP contribution in [-0.4, -0.2) is 25.8 Å². The van der Waals surface area contributed by atoms with Crippen molar-refractivity contribution in [3.8, 4) is 5.75 Å². The molecule has 0 aliphatic carbocycles. The van der Waals surface area contributed by atoms with Gasteiger partial charge in [0.1, 0.15) is 18.2 Å². The van der Waals surface area contributed by atoms with Gasteiger partial charge in [-0.25, -0.2) is 12.8 Å². The van der Waals surface area contributed by atoms with Crippen LogP contribution in [0, 0.1) is 5.82 Å². The summed E-state index contributed by atoms with van der Waals surface area (Å²) in [4.78, 5) is 0.129. The topological polar surface area (TPSA) is 46.6 Å². The molecule has 156 valence electrons. The Hall–Kier alpha value is -2.70. The van der Waals surface area contributed by atoms with Gasteiger partial charge in [-0.1, -0.05) is 42.5 Å². The SMILES string of the molecule is O=S(=O)(c1ccc(F)cc1)N1CCCC(c2cccc(OCc3ccccc3)c2)C1. The molecule has 1 aliphatic heterocycles. The Kier molecular flexibility index (Phi) is 6.16. The number of halogens is 1. The number of rotatable bonds is 6. The van der Waals surface area contributed by atoms with Crippen molar-refractivity contribution in [3.63, 3.8) is 0 Å². The van der Waals surface area contributed by atoms with Crippen LogP contribution in [0.2, 0.25) is 0 Å². The molecule has 3 aromatic carbocycles. The quantitative estimate of drug-likeness (QED) is 0.560. The van der Waals surface area contributed by atoms with Crippen LogP contribution < -0.4 is 4.74 Å². The number of sulfonamides is 1. The Bertz CT molecular complexity index is 1080. The summed E-state index contributed by atoms with van der Waals surface area (Å²) in [5.74, 6) is 0.418. The molecule has 0 spiro atoms. The molecule has 6 heteroatoms. The molecule has 1 fully saturated rings. The van der Waals surface area contributed by atoms with Crippen molar-refractivity contribution < 1.29 is 17.5 Å². The van der Waals surface area contributed by atoms with Crippen LogP contribution >= 0.6 is 0 Å². The molecule has 0 aromatic heterocycles. The average molecular weight is 426 g/mol. The molecule has 1 unspecified atom stereocenters. The third-order valence-corrected chi connectivity index (χ3v) is 7.29. The molecule has 1 aliphatic rings. The van der Waals surface area contributed by atoms with E-state index in [0.717, 1.165) is 29.7 Å². The minimum atomic E-state index is -3.64. The highest BCUT2D eigenvalue weighted by Gasteiger charge is 2.31. The highest BCUT2D eigenvalue weighted by Crippen LogP contribution is 2.32. The second kappa shape index (κ2) is 8.98. The van der Waals surface area contributed by atoms with Gasteiger partial charge in [0.25, 0.3) is 0 Å². The molecule has 4 nitrogen and oxygen atoms in total. The molecule has 1 saturated heterocycles. The number of hydrogen-bond acceptors (Lipinski definition) is 3. The number of ether oxygens (including phenoxy) is 1. The van der Waals surface area contributed by atoms with Crippen molar-refractivity contribution in [3.05, 3.63) is 95.8 Å². The molecule has 0 bridgehead atoms. The van der Waals surface area contributed by atoms with E-state index in [2.05, 4.69) is 0 Å². The zero-order valence-corrected chi connectivity index (χ0v) is 17.4. The van der Waals surface area contributed by atoms with Crippen molar-refractivity contribution in [1.82, 2.24) is 4.31 Å². The number of benzene rings is 3. The molecule has 30 heavy (non-hydrogen) atoms. The van der Waals surface area contributed by atoms with Crippen molar-refractivity contribution in [2.75, 3.05) is 13.1 Å². The molecular formula is C24H24FNO3S. The van der Waals surface area contributed by atoms with Crippen LogP contribution in [0.1, 0.15) is 29.9 Å². The van der Waals surface area contributed by atoms with E-state index in [4.69, 9.17) is 4.74 Å². The zero-order chi connectivity index (χ0) is 21.0.